The first-order valence-electron chi connectivity index (χ1n) is 10.7. The van der Waals surface area contributed by atoms with E-state index in [1.54, 1.807) is 12.3 Å². The van der Waals surface area contributed by atoms with Crippen molar-refractivity contribution in [2.75, 3.05) is 26.2 Å². The summed E-state index contributed by atoms with van der Waals surface area (Å²) in [5.74, 6) is 0.826. The third-order valence-corrected chi connectivity index (χ3v) is 6.72. The maximum atomic E-state index is 13.3. The van der Waals surface area contributed by atoms with Crippen molar-refractivity contribution in [2.24, 2.45) is 5.41 Å². The van der Waals surface area contributed by atoms with E-state index >= 15 is 0 Å². The second kappa shape index (κ2) is 7.43. The molecule has 2 aliphatic rings. The first kappa shape index (κ1) is 18.6. The molecule has 152 valence electrons. The standard InChI is InChI=1S/C23H28N4O2/c1-2-19(26-12-10-23(16-26)9-11-24-15-23)20-25-21-18(8-13-29-21)22(28)27(20)14-17-6-4-3-5-7-17/h3-8,13,19,24H,2,9-12,14-16H2,1H3. The van der Waals surface area contributed by atoms with Crippen LogP contribution in [0.15, 0.2) is 51.9 Å². The summed E-state index contributed by atoms with van der Waals surface area (Å²) in [4.78, 5) is 20.7. The van der Waals surface area contributed by atoms with Crippen molar-refractivity contribution in [3.63, 3.8) is 0 Å². The molecule has 4 heterocycles. The Morgan fingerprint density at radius 1 is 1.24 bits per heavy atom. The second-order valence-electron chi connectivity index (χ2n) is 8.56. The first-order chi connectivity index (χ1) is 14.2. The predicted molar refractivity (Wildman–Crippen MR) is 113 cm³/mol. The predicted octanol–water partition coefficient (Wildman–Crippen LogP) is 3.17. The molecule has 0 radical (unpaired) electrons. The molecule has 2 atom stereocenters. The fourth-order valence-corrected chi connectivity index (χ4v) is 5.12. The van der Waals surface area contributed by atoms with E-state index in [0.717, 1.165) is 44.0 Å². The van der Waals surface area contributed by atoms with Crippen LogP contribution in [0.25, 0.3) is 11.1 Å². The zero-order chi connectivity index (χ0) is 19.8. The average Bonchev–Trinajstić information content (AvgIpc) is 3.49. The molecule has 6 nitrogen and oxygen atoms in total. The number of hydrogen-bond donors (Lipinski definition) is 1. The van der Waals surface area contributed by atoms with E-state index in [-0.39, 0.29) is 11.6 Å². The molecule has 2 aromatic heterocycles. The van der Waals surface area contributed by atoms with Gasteiger partial charge in [-0.1, -0.05) is 37.3 Å². The molecule has 0 aliphatic carbocycles. The van der Waals surface area contributed by atoms with Crippen LogP contribution in [0.5, 0.6) is 0 Å². The molecule has 3 aromatic rings. The van der Waals surface area contributed by atoms with Gasteiger partial charge >= 0.3 is 0 Å². The van der Waals surface area contributed by atoms with Gasteiger partial charge in [0.15, 0.2) is 0 Å². The van der Waals surface area contributed by atoms with E-state index in [0.29, 0.717) is 23.1 Å². The van der Waals surface area contributed by atoms with Gasteiger partial charge < -0.3 is 9.73 Å². The summed E-state index contributed by atoms with van der Waals surface area (Å²) in [6.07, 6.45) is 4.92. The van der Waals surface area contributed by atoms with Gasteiger partial charge in [-0.25, -0.2) is 0 Å². The molecule has 1 N–H and O–H groups in total. The van der Waals surface area contributed by atoms with Gasteiger partial charge in [-0.05, 0) is 49.4 Å². The van der Waals surface area contributed by atoms with Gasteiger partial charge in [-0.15, -0.1) is 0 Å². The van der Waals surface area contributed by atoms with Crippen LogP contribution in [-0.4, -0.2) is 40.6 Å². The van der Waals surface area contributed by atoms with Crippen molar-refractivity contribution in [3.05, 3.63) is 64.4 Å². The lowest BCUT2D eigenvalue weighted by molar-refractivity contribution is 0.194. The monoisotopic (exact) mass is 392 g/mol. The lowest BCUT2D eigenvalue weighted by Gasteiger charge is -2.30. The van der Waals surface area contributed by atoms with Crippen LogP contribution in [0.2, 0.25) is 0 Å². The number of benzene rings is 1. The largest absolute Gasteiger partial charge is 0.446 e. The minimum atomic E-state index is -0.0162. The highest BCUT2D eigenvalue weighted by Gasteiger charge is 2.43. The summed E-state index contributed by atoms with van der Waals surface area (Å²) in [6.45, 7) is 7.04. The van der Waals surface area contributed by atoms with E-state index in [1.165, 1.54) is 12.8 Å². The molecule has 0 amide bonds. The van der Waals surface area contributed by atoms with Crippen molar-refractivity contribution in [1.82, 2.24) is 19.8 Å². The van der Waals surface area contributed by atoms with Crippen molar-refractivity contribution in [1.29, 1.82) is 0 Å². The molecule has 29 heavy (non-hydrogen) atoms. The minimum absolute atomic E-state index is 0.0162. The van der Waals surface area contributed by atoms with Crippen LogP contribution in [0.3, 0.4) is 0 Å². The molecule has 5 rings (SSSR count). The van der Waals surface area contributed by atoms with Gasteiger partial charge in [0.25, 0.3) is 5.56 Å². The zero-order valence-electron chi connectivity index (χ0n) is 16.9. The molecule has 2 aliphatic heterocycles. The highest BCUT2D eigenvalue weighted by Crippen LogP contribution is 2.40. The Hall–Kier alpha value is -2.44. The summed E-state index contributed by atoms with van der Waals surface area (Å²) in [7, 11) is 0. The number of hydrogen-bond acceptors (Lipinski definition) is 5. The van der Waals surface area contributed by atoms with Crippen molar-refractivity contribution in [3.8, 4) is 0 Å². The number of nitrogens with one attached hydrogen (secondary N) is 1. The van der Waals surface area contributed by atoms with Gasteiger partial charge in [0.2, 0.25) is 5.71 Å². The molecule has 1 aromatic carbocycles. The van der Waals surface area contributed by atoms with Crippen molar-refractivity contribution >= 4 is 11.1 Å². The lowest BCUT2D eigenvalue weighted by atomic mass is 9.86. The van der Waals surface area contributed by atoms with Crippen LogP contribution in [0.4, 0.5) is 0 Å². The lowest BCUT2D eigenvalue weighted by Crippen LogP contribution is -2.36. The van der Waals surface area contributed by atoms with Gasteiger partial charge in [0, 0.05) is 13.1 Å². The summed E-state index contributed by atoms with van der Waals surface area (Å²) in [5, 5.41) is 4.09. The zero-order valence-corrected chi connectivity index (χ0v) is 16.9. The minimum Gasteiger partial charge on any atom is -0.446 e. The fraction of sp³-hybridized carbons (Fsp3) is 0.478. The third-order valence-electron chi connectivity index (χ3n) is 6.72. The van der Waals surface area contributed by atoms with E-state index in [4.69, 9.17) is 9.40 Å². The first-order valence-corrected chi connectivity index (χ1v) is 10.7. The Morgan fingerprint density at radius 2 is 2.10 bits per heavy atom. The smallest absolute Gasteiger partial charge is 0.265 e. The van der Waals surface area contributed by atoms with Gasteiger partial charge in [0.1, 0.15) is 11.2 Å². The molecular weight excluding hydrogens is 364 g/mol. The molecule has 2 saturated heterocycles. The van der Waals surface area contributed by atoms with E-state index in [9.17, 15) is 4.79 Å². The van der Waals surface area contributed by atoms with Gasteiger partial charge in [-0.2, -0.15) is 4.98 Å². The summed E-state index contributed by atoms with van der Waals surface area (Å²) >= 11 is 0. The Bertz CT molecular complexity index is 1050. The van der Waals surface area contributed by atoms with Crippen LogP contribution in [0.1, 0.15) is 43.6 Å². The van der Waals surface area contributed by atoms with Crippen LogP contribution in [-0.2, 0) is 6.54 Å². The van der Waals surface area contributed by atoms with Gasteiger partial charge in [0.05, 0.1) is 18.8 Å². The number of furan rings is 1. The number of fused-ring (bicyclic) bond motifs is 1. The van der Waals surface area contributed by atoms with E-state index in [1.807, 2.05) is 22.8 Å². The van der Waals surface area contributed by atoms with Crippen LogP contribution in [0, 0.1) is 5.41 Å². The summed E-state index contributed by atoms with van der Waals surface area (Å²) in [5.41, 5.74) is 1.92. The number of nitrogens with zero attached hydrogens (tertiary/aromatic N) is 3. The highest BCUT2D eigenvalue weighted by molar-refractivity contribution is 5.71. The molecule has 6 heteroatoms. The second-order valence-corrected chi connectivity index (χ2v) is 8.56. The maximum absolute atomic E-state index is 13.3. The normalized spacial score (nSPS) is 23.3. The van der Waals surface area contributed by atoms with Crippen molar-refractivity contribution in [2.45, 2.75) is 38.8 Å². The quantitative estimate of drug-likeness (QED) is 0.723. The number of aromatic nitrogens is 2. The highest BCUT2D eigenvalue weighted by atomic mass is 16.3. The number of rotatable bonds is 5. The van der Waals surface area contributed by atoms with Gasteiger partial charge in [-0.3, -0.25) is 14.3 Å². The molecule has 1 spiro atoms. The van der Waals surface area contributed by atoms with E-state index in [2.05, 4.69) is 29.3 Å². The Labute approximate surface area is 170 Å². The molecular formula is C23H28N4O2. The van der Waals surface area contributed by atoms with Crippen molar-refractivity contribution < 1.29 is 4.42 Å². The summed E-state index contributed by atoms with van der Waals surface area (Å²) < 4.78 is 7.40. The Kier molecular flexibility index (Phi) is 4.76. The van der Waals surface area contributed by atoms with E-state index < -0.39 is 0 Å². The summed E-state index contributed by atoms with van der Waals surface area (Å²) in [6, 6.07) is 12.0. The van der Waals surface area contributed by atoms with Crippen LogP contribution >= 0.6 is 0 Å². The Balaban J connectivity index is 1.57. The topological polar surface area (TPSA) is 63.3 Å². The van der Waals surface area contributed by atoms with Crippen LogP contribution < -0.4 is 10.9 Å². The molecule has 0 bridgehead atoms. The molecule has 0 saturated carbocycles. The maximum Gasteiger partial charge on any atom is 0.265 e. The molecule has 2 unspecified atom stereocenters. The third kappa shape index (κ3) is 3.30. The number of likely N-dealkylation sites (tertiary alicyclic amines) is 1. The average molecular weight is 393 g/mol. The SMILES string of the molecule is CCC(c1nc2occc2c(=O)n1Cc1ccccc1)N1CCC2(CCNC2)C1. The fourth-order valence-electron chi connectivity index (χ4n) is 5.12. The Morgan fingerprint density at radius 3 is 2.86 bits per heavy atom. The molecule has 2 fully saturated rings.